The van der Waals surface area contributed by atoms with Crippen molar-refractivity contribution in [3.63, 3.8) is 0 Å². The summed E-state index contributed by atoms with van der Waals surface area (Å²) < 4.78 is 0. The number of aryl methyl sites for hydroxylation is 1. The summed E-state index contributed by atoms with van der Waals surface area (Å²) in [7, 11) is 0. The lowest BCUT2D eigenvalue weighted by Crippen LogP contribution is -1.80. The van der Waals surface area contributed by atoms with Crippen molar-refractivity contribution in [2.45, 2.75) is 6.92 Å². The molecule has 4 rings (SSSR count). The Morgan fingerprint density at radius 3 is 2.74 bits per heavy atom. The molecule has 2 aromatic heterocycles. The molecule has 2 heterocycles. The summed E-state index contributed by atoms with van der Waals surface area (Å²) in [6.07, 6.45) is 4.05. The van der Waals surface area contributed by atoms with E-state index in [1.54, 1.807) is 0 Å². The maximum atomic E-state index is 3.33. The van der Waals surface area contributed by atoms with Crippen LogP contribution in [0.2, 0.25) is 0 Å². The van der Waals surface area contributed by atoms with Crippen LogP contribution in [-0.4, -0.2) is 9.97 Å². The molecule has 0 unspecified atom stereocenters. The molecule has 0 aliphatic heterocycles. The summed E-state index contributed by atoms with van der Waals surface area (Å²) in [4.78, 5) is 6.60. The van der Waals surface area contributed by atoms with Crippen LogP contribution in [0.1, 0.15) is 5.56 Å². The molecule has 0 bridgehead atoms. The van der Waals surface area contributed by atoms with Gasteiger partial charge in [-0.2, -0.15) is 0 Å². The van der Waals surface area contributed by atoms with Crippen molar-refractivity contribution in [2.24, 2.45) is 0 Å². The summed E-state index contributed by atoms with van der Waals surface area (Å²) in [5, 5.41) is 2.56. The molecule has 2 N–H and O–H groups in total. The lowest BCUT2D eigenvalue weighted by Gasteiger charge is -2.04. The zero-order valence-corrected chi connectivity index (χ0v) is 10.7. The molecule has 2 heteroatoms. The number of rotatable bonds is 1. The van der Waals surface area contributed by atoms with Gasteiger partial charge in [0.15, 0.2) is 0 Å². The number of H-pyrrole nitrogens is 2. The van der Waals surface area contributed by atoms with E-state index in [0.717, 1.165) is 0 Å². The fourth-order valence-electron chi connectivity index (χ4n) is 2.78. The zero-order valence-electron chi connectivity index (χ0n) is 10.7. The highest BCUT2D eigenvalue weighted by Gasteiger charge is 2.06. The van der Waals surface area contributed by atoms with Gasteiger partial charge in [-0.1, -0.05) is 24.3 Å². The normalized spacial score (nSPS) is 11.4. The van der Waals surface area contributed by atoms with E-state index >= 15 is 0 Å². The molecular weight excluding hydrogens is 232 g/mol. The molecule has 4 aromatic rings. The minimum absolute atomic E-state index is 1.18. The molecule has 0 saturated heterocycles. The van der Waals surface area contributed by atoms with E-state index in [1.165, 1.54) is 38.5 Å². The number of hydrogen-bond acceptors (Lipinski definition) is 0. The first-order valence-corrected chi connectivity index (χ1v) is 6.47. The SMILES string of the molecule is Cc1c[nH]c2cc(-c3cccc4[nH]ccc34)ccc12. The molecule has 0 fully saturated rings. The van der Waals surface area contributed by atoms with Crippen LogP contribution in [0.3, 0.4) is 0 Å². The Morgan fingerprint density at radius 1 is 0.842 bits per heavy atom. The minimum atomic E-state index is 1.18. The summed E-state index contributed by atoms with van der Waals surface area (Å²) in [5.41, 5.74) is 6.19. The number of aromatic nitrogens is 2. The Bertz CT molecular complexity index is 880. The van der Waals surface area contributed by atoms with Gasteiger partial charge in [-0.15, -0.1) is 0 Å². The monoisotopic (exact) mass is 246 g/mol. The average molecular weight is 246 g/mol. The van der Waals surface area contributed by atoms with Gasteiger partial charge in [-0.3, -0.25) is 0 Å². The second-order valence-corrected chi connectivity index (χ2v) is 4.98. The summed E-state index contributed by atoms with van der Waals surface area (Å²) in [5.74, 6) is 0. The van der Waals surface area contributed by atoms with E-state index in [2.05, 4.69) is 65.6 Å². The predicted octanol–water partition coefficient (Wildman–Crippen LogP) is 4.62. The third-order valence-electron chi connectivity index (χ3n) is 3.79. The quantitative estimate of drug-likeness (QED) is 0.491. The fourth-order valence-corrected chi connectivity index (χ4v) is 2.78. The van der Waals surface area contributed by atoms with Crippen LogP contribution in [-0.2, 0) is 0 Å². The third kappa shape index (κ3) is 1.50. The molecule has 0 saturated carbocycles. The number of aromatic amines is 2. The van der Waals surface area contributed by atoms with Gasteiger partial charge in [-0.05, 0) is 41.8 Å². The highest BCUT2D eigenvalue weighted by molar-refractivity contribution is 5.97. The van der Waals surface area contributed by atoms with Gasteiger partial charge in [0, 0.05) is 34.2 Å². The number of fused-ring (bicyclic) bond motifs is 2. The van der Waals surface area contributed by atoms with Crippen LogP contribution >= 0.6 is 0 Å². The van der Waals surface area contributed by atoms with Gasteiger partial charge in [0.2, 0.25) is 0 Å². The van der Waals surface area contributed by atoms with E-state index in [9.17, 15) is 0 Å². The molecular formula is C17H14N2. The van der Waals surface area contributed by atoms with E-state index in [1.807, 2.05) is 6.20 Å². The van der Waals surface area contributed by atoms with Crippen LogP contribution in [0.5, 0.6) is 0 Å². The molecule has 0 aliphatic rings. The maximum Gasteiger partial charge on any atom is 0.0462 e. The van der Waals surface area contributed by atoms with Gasteiger partial charge in [0.05, 0.1) is 0 Å². The van der Waals surface area contributed by atoms with Crippen molar-refractivity contribution < 1.29 is 0 Å². The Morgan fingerprint density at radius 2 is 1.79 bits per heavy atom. The maximum absolute atomic E-state index is 3.33. The molecule has 0 amide bonds. The van der Waals surface area contributed by atoms with Gasteiger partial charge < -0.3 is 9.97 Å². The van der Waals surface area contributed by atoms with E-state index < -0.39 is 0 Å². The van der Waals surface area contributed by atoms with E-state index in [0.29, 0.717) is 0 Å². The summed E-state index contributed by atoms with van der Waals surface area (Å²) in [6.45, 7) is 2.13. The van der Waals surface area contributed by atoms with Crippen LogP contribution < -0.4 is 0 Å². The first-order valence-electron chi connectivity index (χ1n) is 6.47. The standard InChI is InChI=1S/C17H14N2/c1-11-10-19-17-9-12(5-6-13(11)17)14-3-2-4-16-15(14)7-8-18-16/h2-10,18-19H,1H3. The Balaban J connectivity index is 2.01. The Kier molecular flexibility index (Phi) is 2.06. The van der Waals surface area contributed by atoms with E-state index in [4.69, 9.17) is 0 Å². The number of benzene rings is 2. The van der Waals surface area contributed by atoms with Gasteiger partial charge in [-0.25, -0.2) is 0 Å². The largest absolute Gasteiger partial charge is 0.361 e. The summed E-state index contributed by atoms with van der Waals surface area (Å²) in [6, 6.07) is 15.1. The number of nitrogens with one attached hydrogen (secondary N) is 2. The molecule has 0 atom stereocenters. The number of hydrogen-bond donors (Lipinski definition) is 2. The summed E-state index contributed by atoms with van der Waals surface area (Å²) >= 11 is 0. The second kappa shape index (κ2) is 3.75. The third-order valence-corrected chi connectivity index (χ3v) is 3.79. The lowest BCUT2D eigenvalue weighted by atomic mass is 10.0. The van der Waals surface area contributed by atoms with Crippen molar-refractivity contribution in [1.29, 1.82) is 0 Å². The van der Waals surface area contributed by atoms with Crippen LogP contribution in [0.25, 0.3) is 32.9 Å². The first-order chi connectivity index (χ1) is 9.33. The molecule has 0 spiro atoms. The van der Waals surface area contributed by atoms with Crippen molar-refractivity contribution in [1.82, 2.24) is 9.97 Å². The molecule has 0 aliphatic carbocycles. The van der Waals surface area contributed by atoms with Gasteiger partial charge >= 0.3 is 0 Å². The molecule has 2 nitrogen and oxygen atoms in total. The topological polar surface area (TPSA) is 31.6 Å². The van der Waals surface area contributed by atoms with Crippen LogP contribution in [0, 0.1) is 6.92 Å². The second-order valence-electron chi connectivity index (χ2n) is 4.98. The lowest BCUT2D eigenvalue weighted by molar-refractivity contribution is 1.43. The fraction of sp³-hybridized carbons (Fsp3) is 0.0588. The predicted molar refractivity (Wildman–Crippen MR) is 80.3 cm³/mol. The van der Waals surface area contributed by atoms with Crippen molar-refractivity contribution in [2.75, 3.05) is 0 Å². The smallest absolute Gasteiger partial charge is 0.0462 e. The van der Waals surface area contributed by atoms with Gasteiger partial charge in [0.25, 0.3) is 0 Å². The van der Waals surface area contributed by atoms with Crippen molar-refractivity contribution >= 4 is 21.8 Å². The molecule has 19 heavy (non-hydrogen) atoms. The average Bonchev–Trinajstić information content (AvgIpc) is 3.05. The zero-order chi connectivity index (χ0) is 12.8. The minimum Gasteiger partial charge on any atom is -0.361 e. The van der Waals surface area contributed by atoms with Crippen molar-refractivity contribution in [3.05, 3.63) is 60.4 Å². The van der Waals surface area contributed by atoms with Gasteiger partial charge in [0.1, 0.15) is 0 Å². The molecule has 2 aromatic carbocycles. The van der Waals surface area contributed by atoms with E-state index in [-0.39, 0.29) is 0 Å². The molecule has 0 radical (unpaired) electrons. The Labute approximate surface area is 111 Å². The van der Waals surface area contributed by atoms with Crippen molar-refractivity contribution in [3.8, 4) is 11.1 Å². The highest BCUT2D eigenvalue weighted by atomic mass is 14.7. The highest BCUT2D eigenvalue weighted by Crippen LogP contribution is 2.30. The van der Waals surface area contributed by atoms with Crippen LogP contribution in [0.15, 0.2) is 54.9 Å². The first kappa shape index (κ1) is 10.4. The van der Waals surface area contributed by atoms with Crippen LogP contribution in [0.4, 0.5) is 0 Å². The molecule has 92 valence electrons. The Hall–Kier alpha value is -2.48.